The van der Waals surface area contributed by atoms with Crippen molar-refractivity contribution in [1.82, 2.24) is 0 Å². The quantitative estimate of drug-likeness (QED) is 0.736. The minimum Gasteiger partial charge on any atom is -0.496 e. The Bertz CT molecular complexity index is 312. The number of hydrogen-bond acceptors (Lipinski definition) is 2. The van der Waals surface area contributed by atoms with Crippen LogP contribution in [0.15, 0.2) is 29.2 Å². The monoisotopic (exact) mass is 236 g/mol. The van der Waals surface area contributed by atoms with Gasteiger partial charge in [-0.3, -0.25) is 0 Å². The zero-order valence-corrected chi connectivity index (χ0v) is 8.99. The van der Waals surface area contributed by atoms with Gasteiger partial charge in [0.2, 0.25) is 0 Å². The molecule has 0 aliphatic rings. The standard InChI is InChI=1S/C10H11F3OS/c1-14-8-4-2-3-5-9(8)15-7-6-10(11,12)13/h2-5H,6-7H2,1H3. The lowest BCUT2D eigenvalue weighted by molar-refractivity contribution is -0.129. The van der Waals surface area contributed by atoms with Crippen LogP contribution in [0.25, 0.3) is 0 Å². The Morgan fingerprint density at radius 2 is 1.93 bits per heavy atom. The summed E-state index contributed by atoms with van der Waals surface area (Å²) in [4.78, 5) is 0.740. The maximum atomic E-state index is 11.9. The molecule has 0 bridgehead atoms. The van der Waals surface area contributed by atoms with Gasteiger partial charge in [-0.2, -0.15) is 13.2 Å². The number of thioether (sulfide) groups is 1. The average molecular weight is 236 g/mol. The lowest BCUT2D eigenvalue weighted by Crippen LogP contribution is -2.08. The highest BCUT2D eigenvalue weighted by atomic mass is 32.2. The van der Waals surface area contributed by atoms with Crippen molar-refractivity contribution in [1.29, 1.82) is 0 Å². The zero-order valence-electron chi connectivity index (χ0n) is 8.17. The van der Waals surface area contributed by atoms with E-state index in [1.807, 2.05) is 0 Å². The number of benzene rings is 1. The van der Waals surface area contributed by atoms with Gasteiger partial charge in [-0.15, -0.1) is 11.8 Å². The van der Waals surface area contributed by atoms with E-state index in [1.54, 1.807) is 24.3 Å². The predicted octanol–water partition coefficient (Wildman–Crippen LogP) is 3.74. The molecule has 1 nitrogen and oxygen atoms in total. The van der Waals surface area contributed by atoms with Crippen molar-refractivity contribution >= 4 is 11.8 Å². The van der Waals surface area contributed by atoms with Crippen molar-refractivity contribution in [3.05, 3.63) is 24.3 Å². The summed E-state index contributed by atoms with van der Waals surface area (Å²) in [5.74, 6) is 0.633. The highest BCUT2D eigenvalue weighted by molar-refractivity contribution is 7.99. The summed E-state index contributed by atoms with van der Waals surface area (Å²) >= 11 is 1.15. The van der Waals surface area contributed by atoms with E-state index in [-0.39, 0.29) is 5.75 Å². The first-order valence-electron chi connectivity index (χ1n) is 4.35. The highest BCUT2D eigenvalue weighted by Crippen LogP contribution is 2.31. The van der Waals surface area contributed by atoms with Crippen molar-refractivity contribution < 1.29 is 17.9 Å². The maximum Gasteiger partial charge on any atom is 0.389 e. The van der Waals surface area contributed by atoms with Gasteiger partial charge in [0.25, 0.3) is 0 Å². The summed E-state index contributed by atoms with van der Waals surface area (Å²) in [6.07, 6.45) is -4.87. The molecule has 1 aromatic carbocycles. The van der Waals surface area contributed by atoms with Gasteiger partial charge in [0.15, 0.2) is 0 Å². The Hall–Kier alpha value is -0.840. The molecule has 1 rings (SSSR count). The summed E-state index contributed by atoms with van der Waals surface area (Å²) in [5, 5.41) is 0. The predicted molar refractivity (Wildman–Crippen MR) is 54.4 cm³/mol. The van der Waals surface area contributed by atoms with Crippen molar-refractivity contribution in [3.63, 3.8) is 0 Å². The van der Waals surface area contributed by atoms with Crippen LogP contribution in [0, 0.1) is 0 Å². The molecule has 0 spiro atoms. The van der Waals surface area contributed by atoms with E-state index in [0.717, 1.165) is 16.7 Å². The Morgan fingerprint density at radius 3 is 2.53 bits per heavy atom. The minimum atomic E-state index is -4.09. The van der Waals surface area contributed by atoms with Crippen LogP contribution in [0.2, 0.25) is 0 Å². The van der Waals surface area contributed by atoms with E-state index in [2.05, 4.69) is 0 Å². The molecule has 0 aliphatic heterocycles. The van der Waals surface area contributed by atoms with Crippen LogP contribution in [-0.2, 0) is 0 Å². The number of methoxy groups -OCH3 is 1. The molecule has 0 unspecified atom stereocenters. The van der Waals surface area contributed by atoms with Crippen LogP contribution in [0.1, 0.15) is 6.42 Å². The van der Waals surface area contributed by atoms with Gasteiger partial charge in [0.1, 0.15) is 5.75 Å². The Kier molecular flexibility index (Phi) is 4.32. The summed E-state index contributed by atoms with van der Waals surface area (Å²) in [6, 6.07) is 7.04. The lowest BCUT2D eigenvalue weighted by Gasteiger charge is -2.08. The van der Waals surface area contributed by atoms with E-state index in [4.69, 9.17) is 4.74 Å². The van der Waals surface area contributed by atoms with Crippen LogP contribution < -0.4 is 4.74 Å². The number of ether oxygens (including phenoxy) is 1. The molecule has 1 aromatic rings. The first-order valence-corrected chi connectivity index (χ1v) is 5.34. The molecule has 0 aliphatic carbocycles. The molecule has 0 fully saturated rings. The molecule has 5 heteroatoms. The third kappa shape index (κ3) is 4.46. The topological polar surface area (TPSA) is 9.23 Å². The Balaban J connectivity index is 2.50. The molecular weight excluding hydrogens is 225 g/mol. The second kappa shape index (κ2) is 5.30. The molecule has 0 amide bonds. The molecule has 0 saturated heterocycles. The third-order valence-electron chi connectivity index (χ3n) is 1.71. The molecule has 0 radical (unpaired) electrons. The fourth-order valence-electron chi connectivity index (χ4n) is 1.01. The Morgan fingerprint density at radius 1 is 1.27 bits per heavy atom. The second-order valence-corrected chi connectivity index (χ2v) is 4.00. The summed E-state index contributed by atoms with van der Waals surface area (Å²) in [6.45, 7) is 0. The van der Waals surface area contributed by atoms with Gasteiger partial charge in [-0.25, -0.2) is 0 Å². The number of halogens is 3. The fraction of sp³-hybridized carbons (Fsp3) is 0.400. The van der Waals surface area contributed by atoms with E-state index in [0.29, 0.717) is 5.75 Å². The van der Waals surface area contributed by atoms with Gasteiger partial charge in [0, 0.05) is 10.6 Å². The molecule has 15 heavy (non-hydrogen) atoms. The number of hydrogen-bond donors (Lipinski definition) is 0. The van der Waals surface area contributed by atoms with Crippen LogP contribution >= 0.6 is 11.8 Å². The maximum absolute atomic E-state index is 11.9. The zero-order chi connectivity index (χ0) is 11.3. The third-order valence-corrected chi connectivity index (χ3v) is 2.77. The van der Waals surface area contributed by atoms with Crippen molar-refractivity contribution in [2.24, 2.45) is 0 Å². The normalized spacial score (nSPS) is 11.5. The van der Waals surface area contributed by atoms with Crippen LogP contribution in [0.3, 0.4) is 0 Å². The largest absolute Gasteiger partial charge is 0.496 e. The first kappa shape index (κ1) is 12.2. The van der Waals surface area contributed by atoms with Gasteiger partial charge in [0.05, 0.1) is 13.5 Å². The van der Waals surface area contributed by atoms with Gasteiger partial charge in [-0.05, 0) is 12.1 Å². The van der Waals surface area contributed by atoms with Crippen LogP contribution in [-0.4, -0.2) is 19.0 Å². The van der Waals surface area contributed by atoms with Gasteiger partial charge >= 0.3 is 6.18 Å². The molecule has 0 N–H and O–H groups in total. The fourth-order valence-corrected chi connectivity index (χ4v) is 2.04. The smallest absolute Gasteiger partial charge is 0.389 e. The highest BCUT2D eigenvalue weighted by Gasteiger charge is 2.26. The summed E-state index contributed by atoms with van der Waals surface area (Å²) < 4.78 is 40.7. The number of rotatable bonds is 4. The summed E-state index contributed by atoms with van der Waals surface area (Å²) in [7, 11) is 1.50. The van der Waals surface area contributed by atoms with E-state index < -0.39 is 12.6 Å². The average Bonchev–Trinajstić information content (AvgIpc) is 2.16. The van der Waals surface area contributed by atoms with E-state index in [1.165, 1.54) is 7.11 Å². The molecule has 0 heterocycles. The lowest BCUT2D eigenvalue weighted by atomic mass is 10.3. The minimum absolute atomic E-state index is 0.0177. The van der Waals surface area contributed by atoms with Gasteiger partial charge in [-0.1, -0.05) is 12.1 Å². The van der Waals surface area contributed by atoms with Crippen molar-refractivity contribution in [3.8, 4) is 5.75 Å². The summed E-state index contributed by atoms with van der Waals surface area (Å²) in [5.41, 5.74) is 0. The molecule has 0 saturated carbocycles. The van der Waals surface area contributed by atoms with Crippen LogP contribution in [0.5, 0.6) is 5.75 Å². The van der Waals surface area contributed by atoms with Gasteiger partial charge < -0.3 is 4.74 Å². The first-order chi connectivity index (χ1) is 7.03. The Labute approximate surface area is 90.6 Å². The van der Waals surface area contributed by atoms with Crippen molar-refractivity contribution in [2.75, 3.05) is 12.9 Å². The number of alkyl halides is 3. The van der Waals surface area contributed by atoms with Crippen molar-refractivity contribution in [2.45, 2.75) is 17.5 Å². The molecule has 84 valence electrons. The van der Waals surface area contributed by atoms with E-state index in [9.17, 15) is 13.2 Å². The SMILES string of the molecule is COc1ccccc1SCCC(F)(F)F. The van der Waals surface area contributed by atoms with Crippen LogP contribution in [0.4, 0.5) is 13.2 Å². The molecule has 0 aromatic heterocycles. The second-order valence-electron chi connectivity index (χ2n) is 2.86. The molecular formula is C10H11F3OS. The molecule has 0 atom stereocenters. The number of para-hydroxylation sites is 1. The van der Waals surface area contributed by atoms with E-state index >= 15 is 0 Å².